The molecular weight excluding hydrogens is 640 g/mol. The Labute approximate surface area is 267 Å². The number of carbonyl (C=O) groups is 2. The molecule has 1 N–H and O–H groups in total. The highest BCUT2D eigenvalue weighted by Gasteiger charge is 2.35. The molecular formula is C30H33Cl4N3O4S. The molecule has 0 saturated heterocycles. The lowest BCUT2D eigenvalue weighted by atomic mass is 10.1. The maximum Gasteiger partial charge on any atom is 0.264 e. The van der Waals surface area contributed by atoms with E-state index in [0.717, 1.165) is 9.87 Å². The van der Waals surface area contributed by atoms with Crippen molar-refractivity contribution in [3.05, 3.63) is 91.9 Å². The minimum Gasteiger partial charge on any atom is -0.350 e. The van der Waals surface area contributed by atoms with E-state index >= 15 is 0 Å². The van der Waals surface area contributed by atoms with Crippen LogP contribution >= 0.6 is 46.4 Å². The molecule has 0 fully saturated rings. The largest absolute Gasteiger partial charge is 0.350 e. The zero-order valence-corrected chi connectivity index (χ0v) is 27.8. The van der Waals surface area contributed by atoms with E-state index in [-0.39, 0.29) is 33.6 Å². The van der Waals surface area contributed by atoms with Crippen molar-refractivity contribution in [1.82, 2.24) is 10.2 Å². The Bertz CT molecular complexity index is 1560. The predicted molar refractivity (Wildman–Crippen MR) is 171 cm³/mol. The number of nitrogens with zero attached hydrogens (tertiary/aromatic N) is 2. The molecule has 0 heterocycles. The third-order valence-corrected chi connectivity index (χ3v) is 9.22. The molecule has 0 saturated carbocycles. The van der Waals surface area contributed by atoms with Crippen molar-refractivity contribution in [2.24, 2.45) is 0 Å². The van der Waals surface area contributed by atoms with Gasteiger partial charge in [-0.2, -0.15) is 0 Å². The van der Waals surface area contributed by atoms with Gasteiger partial charge in [-0.3, -0.25) is 13.9 Å². The highest BCUT2D eigenvalue weighted by atomic mass is 35.5. The van der Waals surface area contributed by atoms with Gasteiger partial charge >= 0.3 is 0 Å². The Hall–Kier alpha value is -2.49. The number of anilines is 1. The standard InChI is InChI=1S/C30H33Cl4N3O4S/c1-6-26(29(39)35-30(3,4)5)36(17-20-9-10-21(31)15-25(20)34)28(38)18-37(27-16-22(32)11-14-24(27)33)42(40,41)23-12-7-19(2)8-13-23/h7-16,26H,6,17-18H2,1-5H3,(H,35,39). The van der Waals surface area contributed by atoms with Gasteiger partial charge < -0.3 is 10.2 Å². The molecule has 226 valence electrons. The van der Waals surface area contributed by atoms with Gasteiger partial charge in [0, 0.05) is 27.2 Å². The highest BCUT2D eigenvalue weighted by molar-refractivity contribution is 7.92. The van der Waals surface area contributed by atoms with Crippen molar-refractivity contribution in [2.75, 3.05) is 10.8 Å². The number of hydrogen-bond acceptors (Lipinski definition) is 4. The molecule has 2 amide bonds. The molecule has 0 aliphatic heterocycles. The van der Waals surface area contributed by atoms with Gasteiger partial charge in [0.15, 0.2) is 0 Å². The van der Waals surface area contributed by atoms with E-state index in [9.17, 15) is 18.0 Å². The van der Waals surface area contributed by atoms with Gasteiger partial charge in [-0.15, -0.1) is 0 Å². The molecule has 3 aromatic rings. The minimum atomic E-state index is -4.31. The van der Waals surface area contributed by atoms with Crippen LogP contribution in [0.1, 0.15) is 45.2 Å². The topological polar surface area (TPSA) is 86.8 Å². The molecule has 3 rings (SSSR count). The summed E-state index contributed by atoms with van der Waals surface area (Å²) < 4.78 is 28.9. The Morgan fingerprint density at radius 1 is 0.881 bits per heavy atom. The fourth-order valence-electron chi connectivity index (χ4n) is 4.23. The first-order valence-corrected chi connectivity index (χ1v) is 16.1. The van der Waals surface area contributed by atoms with Crippen molar-refractivity contribution >= 4 is 73.9 Å². The van der Waals surface area contributed by atoms with Crippen LogP contribution in [0.2, 0.25) is 20.1 Å². The van der Waals surface area contributed by atoms with Crippen molar-refractivity contribution in [3.63, 3.8) is 0 Å². The average molecular weight is 673 g/mol. The second-order valence-electron chi connectivity index (χ2n) is 10.8. The van der Waals surface area contributed by atoms with Crippen LogP contribution in [0, 0.1) is 6.92 Å². The van der Waals surface area contributed by atoms with Crippen LogP contribution in [0.15, 0.2) is 65.6 Å². The van der Waals surface area contributed by atoms with Crippen molar-refractivity contribution < 1.29 is 18.0 Å². The summed E-state index contributed by atoms with van der Waals surface area (Å²) in [6.07, 6.45) is 0.251. The summed E-state index contributed by atoms with van der Waals surface area (Å²) in [5.74, 6) is -1.04. The minimum absolute atomic E-state index is 0.0229. The normalized spacial score (nSPS) is 12.5. The number of halogens is 4. The molecule has 42 heavy (non-hydrogen) atoms. The monoisotopic (exact) mass is 671 g/mol. The van der Waals surface area contributed by atoms with E-state index in [0.29, 0.717) is 15.6 Å². The zero-order chi connectivity index (χ0) is 31.4. The second kappa shape index (κ2) is 13.9. The second-order valence-corrected chi connectivity index (χ2v) is 14.4. The lowest BCUT2D eigenvalue weighted by molar-refractivity contribution is -0.141. The van der Waals surface area contributed by atoms with E-state index in [1.165, 1.54) is 41.3 Å². The van der Waals surface area contributed by atoms with Crippen LogP contribution in [-0.2, 0) is 26.2 Å². The van der Waals surface area contributed by atoms with Crippen LogP contribution in [-0.4, -0.2) is 43.3 Å². The van der Waals surface area contributed by atoms with E-state index in [4.69, 9.17) is 46.4 Å². The lowest BCUT2D eigenvalue weighted by Crippen LogP contribution is -2.55. The molecule has 1 atom stereocenters. The van der Waals surface area contributed by atoms with Crippen LogP contribution in [0.4, 0.5) is 5.69 Å². The molecule has 0 spiro atoms. The fourth-order valence-corrected chi connectivity index (χ4v) is 6.56. The maximum absolute atomic E-state index is 14.2. The Morgan fingerprint density at radius 2 is 1.48 bits per heavy atom. The van der Waals surface area contributed by atoms with Gasteiger partial charge in [0.25, 0.3) is 10.0 Å². The summed E-state index contributed by atoms with van der Waals surface area (Å²) in [5.41, 5.74) is 0.839. The number of rotatable bonds is 10. The van der Waals surface area contributed by atoms with Gasteiger partial charge in [-0.1, -0.05) is 77.1 Å². The first-order valence-electron chi connectivity index (χ1n) is 13.1. The number of sulfonamides is 1. The van der Waals surface area contributed by atoms with E-state index < -0.39 is 40.0 Å². The molecule has 1 unspecified atom stereocenters. The summed E-state index contributed by atoms with van der Waals surface area (Å²) in [4.78, 5) is 28.9. The number of aryl methyl sites for hydroxylation is 1. The van der Waals surface area contributed by atoms with Gasteiger partial charge in [0.2, 0.25) is 11.8 Å². The molecule has 12 heteroatoms. The number of nitrogens with one attached hydrogen (secondary N) is 1. The van der Waals surface area contributed by atoms with Gasteiger partial charge in [-0.05, 0) is 82.1 Å². The van der Waals surface area contributed by atoms with Crippen molar-refractivity contribution in [2.45, 2.75) is 64.1 Å². The Balaban J connectivity index is 2.14. The predicted octanol–water partition coefficient (Wildman–Crippen LogP) is 7.53. The smallest absolute Gasteiger partial charge is 0.264 e. The first-order chi connectivity index (χ1) is 19.5. The molecule has 0 aromatic heterocycles. The third-order valence-electron chi connectivity index (χ3n) is 6.30. The number of amides is 2. The molecule has 7 nitrogen and oxygen atoms in total. The quantitative estimate of drug-likeness (QED) is 0.241. The number of carbonyl (C=O) groups excluding carboxylic acids is 2. The summed E-state index contributed by atoms with van der Waals surface area (Å²) >= 11 is 25.2. The van der Waals surface area contributed by atoms with Crippen LogP contribution in [0.3, 0.4) is 0 Å². The van der Waals surface area contributed by atoms with Crippen molar-refractivity contribution in [1.29, 1.82) is 0 Å². The Kier molecular flexibility index (Phi) is 11.2. The lowest BCUT2D eigenvalue weighted by Gasteiger charge is -2.35. The molecule has 0 aliphatic rings. The summed E-state index contributed by atoms with van der Waals surface area (Å²) in [6, 6.07) is 14.5. The summed E-state index contributed by atoms with van der Waals surface area (Å²) in [5, 5.41) is 3.93. The van der Waals surface area contributed by atoms with Crippen molar-refractivity contribution in [3.8, 4) is 0 Å². The van der Waals surface area contributed by atoms with Gasteiger partial charge in [0.05, 0.1) is 15.6 Å². The third kappa shape index (κ3) is 8.54. The van der Waals surface area contributed by atoms with E-state index in [2.05, 4.69) is 5.32 Å². The zero-order valence-electron chi connectivity index (χ0n) is 23.9. The van der Waals surface area contributed by atoms with Crippen LogP contribution in [0.25, 0.3) is 0 Å². The fraction of sp³-hybridized carbons (Fsp3) is 0.333. The van der Waals surface area contributed by atoms with E-state index in [1.807, 2.05) is 27.7 Å². The molecule has 0 aliphatic carbocycles. The number of benzene rings is 3. The van der Waals surface area contributed by atoms with Crippen LogP contribution in [0.5, 0.6) is 0 Å². The molecule has 0 radical (unpaired) electrons. The Morgan fingerprint density at radius 3 is 2.05 bits per heavy atom. The van der Waals surface area contributed by atoms with E-state index in [1.54, 1.807) is 31.2 Å². The molecule has 0 bridgehead atoms. The highest BCUT2D eigenvalue weighted by Crippen LogP contribution is 2.34. The number of hydrogen-bond donors (Lipinski definition) is 1. The van der Waals surface area contributed by atoms with Crippen LogP contribution < -0.4 is 9.62 Å². The SMILES string of the molecule is CCC(C(=O)NC(C)(C)C)N(Cc1ccc(Cl)cc1Cl)C(=O)CN(c1cc(Cl)ccc1Cl)S(=O)(=O)c1ccc(C)cc1. The van der Waals surface area contributed by atoms with Gasteiger partial charge in [0.1, 0.15) is 12.6 Å². The first kappa shape index (κ1) is 34.0. The summed E-state index contributed by atoms with van der Waals surface area (Å²) in [6.45, 7) is 8.35. The maximum atomic E-state index is 14.2. The summed E-state index contributed by atoms with van der Waals surface area (Å²) in [7, 11) is -4.31. The average Bonchev–Trinajstić information content (AvgIpc) is 2.89. The van der Waals surface area contributed by atoms with Gasteiger partial charge in [-0.25, -0.2) is 8.42 Å². The molecule has 3 aromatic carbocycles.